The molecule has 0 bridgehead atoms. The zero-order valence-corrected chi connectivity index (χ0v) is 15.7. The van der Waals surface area contributed by atoms with E-state index in [9.17, 15) is 17.2 Å². The molecule has 0 aliphatic rings. The lowest BCUT2D eigenvalue weighted by molar-refractivity contribution is 0.578. The standard InChI is InChI=1S/C21H19F2NO2S/c1-15-11-12-19(14-21(15)23)24(16(2)17-7-4-3-5-8-17)27(25,26)20-10-6-9-18(22)13-20/h3-14,16H,1-2H3/t16-/m0/s1. The Morgan fingerprint density at radius 3 is 2.22 bits per heavy atom. The van der Waals surface area contributed by atoms with Crippen molar-refractivity contribution in [3.05, 3.63) is 95.6 Å². The molecule has 3 aromatic carbocycles. The Balaban J connectivity index is 2.19. The number of benzene rings is 3. The zero-order chi connectivity index (χ0) is 19.6. The average molecular weight is 387 g/mol. The molecule has 0 unspecified atom stereocenters. The molecule has 3 nitrogen and oxygen atoms in total. The van der Waals surface area contributed by atoms with Crippen molar-refractivity contribution in [1.29, 1.82) is 0 Å². The smallest absolute Gasteiger partial charge is 0.259 e. The summed E-state index contributed by atoms with van der Waals surface area (Å²) in [5.74, 6) is -1.16. The van der Waals surface area contributed by atoms with Crippen LogP contribution in [0.5, 0.6) is 0 Å². The van der Waals surface area contributed by atoms with E-state index in [-0.39, 0.29) is 10.6 Å². The predicted molar refractivity (Wildman–Crippen MR) is 102 cm³/mol. The van der Waals surface area contributed by atoms with Gasteiger partial charge in [0.05, 0.1) is 16.6 Å². The van der Waals surface area contributed by atoms with Crippen LogP contribution >= 0.6 is 0 Å². The number of hydrogen-bond acceptors (Lipinski definition) is 2. The minimum absolute atomic E-state index is 0.179. The fraction of sp³-hybridized carbons (Fsp3) is 0.143. The van der Waals surface area contributed by atoms with Crippen LogP contribution in [0.25, 0.3) is 0 Å². The van der Waals surface area contributed by atoms with Gasteiger partial charge in [-0.05, 0) is 55.3 Å². The summed E-state index contributed by atoms with van der Waals surface area (Å²) in [6.45, 7) is 3.31. The van der Waals surface area contributed by atoms with E-state index in [2.05, 4.69) is 0 Å². The monoisotopic (exact) mass is 387 g/mol. The van der Waals surface area contributed by atoms with Gasteiger partial charge in [0.1, 0.15) is 11.6 Å². The van der Waals surface area contributed by atoms with Crippen molar-refractivity contribution < 1.29 is 17.2 Å². The second kappa shape index (κ2) is 7.48. The molecule has 3 aromatic rings. The van der Waals surface area contributed by atoms with Crippen LogP contribution < -0.4 is 4.31 Å². The maximum atomic E-state index is 14.2. The Labute approximate surface area is 157 Å². The summed E-state index contributed by atoms with van der Waals surface area (Å²) < 4.78 is 55.6. The molecule has 0 aromatic heterocycles. The summed E-state index contributed by atoms with van der Waals surface area (Å²) in [4.78, 5) is -0.189. The molecular weight excluding hydrogens is 368 g/mol. The van der Waals surface area contributed by atoms with E-state index in [1.807, 2.05) is 6.07 Å². The van der Waals surface area contributed by atoms with Crippen LogP contribution in [0.4, 0.5) is 14.5 Å². The second-order valence-electron chi connectivity index (χ2n) is 6.28. The van der Waals surface area contributed by atoms with Gasteiger partial charge >= 0.3 is 0 Å². The predicted octanol–water partition coefficient (Wildman–Crippen LogP) is 5.23. The zero-order valence-electron chi connectivity index (χ0n) is 14.9. The first-order valence-corrected chi connectivity index (χ1v) is 9.86. The van der Waals surface area contributed by atoms with Crippen molar-refractivity contribution in [2.75, 3.05) is 4.31 Å². The molecule has 0 saturated heterocycles. The third-order valence-corrected chi connectivity index (χ3v) is 6.29. The summed E-state index contributed by atoms with van der Waals surface area (Å²) >= 11 is 0. The van der Waals surface area contributed by atoms with E-state index in [1.165, 1.54) is 30.3 Å². The molecule has 140 valence electrons. The number of anilines is 1. The maximum absolute atomic E-state index is 14.2. The van der Waals surface area contributed by atoms with E-state index in [4.69, 9.17) is 0 Å². The van der Waals surface area contributed by atoms with Crippen molar-refractivity contribution in [1.82, 2.24) is 0 Å². The summed E-state index contributed by atoms with van der Waals surface area (Å²) in [6, 6.07) is 17.5. The molecule has 0 radical (unpaired) electrons. The van der Waals surface area contributed by atoms with Crippen molar-refractivity contribution >= 4 is 15.7 Å². The molecule has 0 N–H and O–H groups in total. The molecule has 0 heterocycles. The van der Waals surface area contributed by atoms with Crippen LogP contribution in [0.3, 0.4) is 0 Å². The molecule has 27 heavy (non-hydrogen) atoms. The Morgan fingerprint density at radius 1 is 0.889 bits per heavy atom. The number of rotatable bonds is 5. The van der Waals surface area contributed by atoms with E-state index in [0.29, 0.717) is 5.56 Å². The van der Waals surface area contributed by atoms with Gasteiger partial charge < -0.3 is 0 Å². The highest BCUT2D eigenvalue weighted by molar-refractivity contribution is 7.92. The van der Waals surface area contributed by atoms with Gasteiger partial charge in [-0.15, -0.1) is 0 Å². The summed E-state index contributed by atoms with van der Waals surface area (Å²) in [7, 11) is -4.13. The van der Waals surface area contributed by atoms with Crippen molar-refractivity contribution in [3.63, 3.8) is 0 Å². The Morgan fingerprint density at radius 2 is 1.59 bits per heavy atom. The quantitative estimate of drug-likeness (QED) is 0.601. The maximum Gasteiger partial charge on any atom is 0.264 e. The molecule has 0 saturated carbocycles. The molecule has 0 aliphatic carbocycles. The SMILES string of the molecule is Cc1ccc(N([C@@H](C)c2ccccc2)S(=O)(=O)c2cccc(F)c2)cc1F. The van der Waals surface area contributed by atoms with Gasteiger partial charge in [0.2, 0.25) is 0 Å². The largest absolute Gasteiger partial charge is 0.264 e. The van der Waals surface area contributed by atoms with Gasteiger partial charge in [-0.3, -0.25) is 4.31 Å². The highest BCUT2D eigenvalue weighted by atomic mass is 32.2. The number of nitrogens with zero attached hydrogens (tertiary/aromatic N) is 1. The molecule has 0 spiro atoms. The average Bonchev–Trinajstić information content (AvgIpc) is 2.65. The third kappa shape index (κ3) is 3.85. The minimum atomic E-state index is -4.13. The summed E-state index contributed by atoms with van der Waals surface area (Å²) in [5.41, 5.74) is 1.33. The molecule has 6 heteroatoms. The van der Waals surface area contributed by atoms with E-state index >= 15 is 0 Å². The van der Waals surface area contributed by atoms with E-state index in [1.54, 1.807) is 44.2 Å². The lowest BCUT2D eigenvalue weighted by Gasteiger charge is -2.31. The molecule has 0 fully saturated rings. The van der Waals surface area contributed by atoms with E-state index in [0.717, 1.165) is 15.9 Å². The molecule has 0 amide bonds. The molecule has 0 aliphatic heterocycles. The first kappa shape index (κ1) is 19.0. The van der Waals surface area contributed by atoms with Crippen LogP contribution in [-0.2, 0) is 10.0 Å². The van der Waals surface area contributed by atoms with Gasteiger partial charge in [-0.1, -0.05) is 42.5 Å². The van der Waals surface area contributed by atoms with Crippen LogP contribution in [0.2, 0.25) is 0 Å². The van der Waals surface area contributed by atoms with E-state index < -0.39 is 27.7 Å². The first-order valence-electron chi connectivity index (χ1n) is 8.42. The molecular formula is C21H19F2NO2S. The van der Waals surface area contributed by atoms with Crippen LogP contribution in [0.1, 0.15) is 24.1 Å². The fourth-order valence-electron chi connectivity index (χ4n) is 2.90. The number of aryl methyl sites for hydroxylation is 1. The Kier molecular flexibility index (Phi) is 5.28. The normalized spacial score (nSPS) is 12.6. The topological polar surface area (TPSA) is 37.4 Å². The molecule has 1 atom stereocenters. The Bertz CT molecular complexity index is 1050. The minimum Gasteiger partial charge on any atom is -0.259 e. The number of sulfonamides is 1. The van der Waals surface area contributed by atoms with Crippen molar-refractivity contribution in [3.8, 4) is 0 Å². The van der Waals surface area contributed by atoms with Crippen LogP contribution in [-0.4, -0.2) is 8.42 Å². The van der Waals surface area contributed by atoms with Gasteiger partial charge in [-0.25, -0.2) is 17.2 Å². The Hall–Kier alpha value is -2.73. The first-order chi connectivity index (χ1) is 12.8. The highest BCUT2D eigenvalue weighted by Gasteiger charge is 2.31. The number of halogens is 2. The van der Waals surface area contributed by atoms with Crippen molar-refractivity contribution in [2.45, 2.75) is 24.8 Å². The number of hydrogen-bond donors (Lipinski definition) is 0. The lowest BCUT2D eigenvalue weighted by Crippen LogP contribution is -2.34. The van der Waals surface area contributed by atoms with Crippen LogP contribution in [0, 0.1) is 18.6 Å². The lowest BCUT2D eigenvalue weighted by atomic mass is 10.1. The van der Waals surface area contributed by atoms with Gasteiger partial charge in [-0.2, -0.15) is 0 Å². The van der Waals surface area contributed by atoms with Gasteiger partial charge in [0.25, 0.3) is 10.0 Å². The van der Waals surface area contributed by atoms with Crippen molar-refractivity contribution in [2.24, 2.45) is 0 Å². The third-order valence-electron chi connectivity index (χ3n) is 4.40. The second-order valence-corrected chi connectivity index (χ2v) is 8.09. The fourth-order valence-corrected chi connectivity index (χ4v) is 4.57. The van der Waals surface area contributed by atoms with Gasteiger partial charge in [0.15, 0.2) is 0 Å². The summed E-state index contributed by atoms with van der Waals surface area (Å²) in [6.07, 6.45) is 0. The van der Waals surface area contributed by atoms with Crippen LogP contribution in [0.15, 0.2) is 77.7 Å². The highest BCUT2D eigenvalue weighted by Crippen LogP contribution is 2.34. The summed E-state index contributed by atoms with van der Waals surface area (Å²) in [5, 5.41) is 0. The molecule has 3 rings (SSSR count). The van der Waals surface area contributed by atoms with Gasteiger partial charge in [0, 0.05) is 0 Å².